The number of hydrogen-bond donors (Lipinski definition) is 1. The fraction of sp³-hybridized carbons (Fsp3) is 0. The first-order valence-corrected chi connectivity index (χ1v) is 6.49. The van der Waals surface area contributed by atoms with Crippen LogP contribution in [0.25, 0.3) is 16.6 Å². The van der Waals surface area contributed by atoms with E-state index in [9.17, 15) is 14.4 Å². The van der Waals surface area contributed by atoms with Gasteiger partial charge in [0, 0.05) is 29.0 Å². The molecule has 3 aromatic rings. The maximum absolute atomic E-state index is 12.1. The molecule has 0 bridgehead atoms. The number of ketones is 1. The molecule has 104 valence electrons. The van der Waals surface area contributed by atoms with Crippen LogP contribution in [0.4, 0.5) is 0 Å². The minimum Gasteiger partial charge on any atom is -0.329 e. The van der Waals surface area contributed by atoms with E-state index in [1.165, 1.54) is 6.20 Å². The van der Waals surface area contributed by atoms with Crippen LogP contribution in [0.3, 0.4) is 0 Å². The first-order chi connectivity index (χ1) is 10.1. The van der Waals surface area contributed by atoms with Gasteiger partial charge < -0.3 is 9.38 Å². The summed E-state index contributed by atoms with van der Waals surface area (Å²) in [4.78, 5) is 37.9. The summed E-state index contributed by atoms with van der Waals surface area (Å²) in [6.07, 6.45) is 3.14. The molecule has 0 aliphatic rings. The molecule has 3 aromatic heterocycles. The number of aromatic amines is 1. The van der Waals surface area contributed by atoms with Crippen LogP contribution in [0.5, 0.6) is 0 Å². The molecule has 21 heavy (non-hydrogen) atoms. The minimum absolute atomic E-state index is 0.0855. The molecular formula is C15H9ClN2O3. The number of halogens is 1. The van der Waals surface area contributed by atoms with Gasteiger partial charge in [0.15, 0.2) is 0 Å². The lowest BCUT2D eigenvalue weighted by molar-refractivity contribution is -0.108. The first kappa shape index (κ1) is 13.3. The molecule has 0 spiro atoms. The Hall–Kier alpha value is -2.66. The van der Waals surface area contributed by atoms with Crippen molar-refractivity contribution in [3.8, 4) is 11.1 Å². The molecule has 0 aliphatic carbocycles. The van der Waals surface area contributed by atoms with Gasteiger partial charge in [-0.15, -0.1) is 0 Å². The van der Waals surface area contributed by atoms with Gasteiger partial charge in [-0.1, -0.05) is 6.07 Å². The standard InChI is InChI=1S/C15H9ClN2O3/c16-14(20)13(19)12-11(10-5-3-6-17-15(10)21)8-9-4-1-2-7-18(9)12/h1-8H,(H,17,21). The Balaban J connectivity index is 2.40. The molecule has 1 N–H and O–H groups in total. The number of fused-ring (bicyclic) bond motifs is 1. The number of Topliss-reactive ketones (excluding diaryl/α,β-unsaturated/α-hetero) is 1. The zero-order valence-electron chi connectivity index (χ0n) is 10.7. The van der Waals surface area contributed by atoms with Crippen LogP contribution in [-0.2, 0) is 4.79 Å². The molecule has 5 nitrogen and oxygen atoms in total. The van der Waals surface area contributed by atoms with Crippen LogP contribution in [0.2, 0.25) is 0 Å². The number of rotatable bonds is 3. The van der Waals surface area contributed by atoms with Crippen LogP contribution in [0, 0.1) is 0 Å². The maximum atomic E-state index is 12.1. The molecule has 0 saturated carbocycles. The van der Waals surface area contributed by atoms with Crippen molar-refractivity contribution in [2.24, 2.45) is 0 Å². The lowest BCUT2D eigenvalue weighted by atomic mass is 10.1. The number of carbonyl (C=O) groups is 2. The third kappa shape index (κ3) is 2.17. The van der Waals surface area contributed by atoms with Gasteiger partial charge in [-0.3, -0.25) is 14.4 Å². The summed E-state index contributed by atoms with van der Waals surface area (Å²) in [7, 11) is 0. The third-order valence-corrected chi connectivity index (χ3v) is 3.35. The average Bonchev–Trinajstić information content (AvgIpc) is 2.85. The van der Waals surface area contributed by atoms with E-state index in [4.69, 9.17) is 11.6 Å². The van der Waals surface area contributed by atoms with Crippen LogP contribution < -0.4 is 5.56 Å². The van der Waals surface area contributed by atoms with Crippen molar-refractivity contribution in [3.05, 3.63) is 64.8 Å². The van der Waals surface area contributed by atoms with Crippen molar-refractivity contribution in [3.63, 3.8) is 0 Å². The number of pyridine rings is 2. The van der Waals surface area contributed by atoms with Crippen molar-refractivity contribution >= 4 is 28.1 Å². The number of hydrogen-bond acceptors (Lipinski definition) is 3. The fourth-order valence-corrected chi connectivity index (χ4v) is 2.38. The number of H-pyrrole nitrogens is 1. The zero-order valence-corrected chi connectivity index (χ0v) is 11.4. The number of carbonyl (C=O) groups excluding carboxylic acids is 2. The molecule has 0 fully saturated rings. The first-order valence-electron chi connectivity index (χ1n) is 6.12. The normalized spacial score (nSPS) is 10.7. The molecule has 0 saturated heterocycles. The van der Waals surface area contributed by atoms with E-state index >= 15 is 0 Å². The van der Waals surface area contributed by atoms with E-state index in [2.05, 4.69) is 4.98 Å². The van der Waals surface area contributed by atoms with E-state index in [1.54, 1.807) is 47.0 Å². The topological polar surface area (TPSA) is 71.4 Å². The highest BCUT2D eigenvalue weighted by Crippen LogP contribution is 2.26. The summed E-state index contributed by atoms with van der Waals surface area (Å²) in [5.74, 6) is -0.846. The second-order valence-electron chi connectivity index (χ2n) is 4.42. The highest BCUT2D eigenvalue weighted by Gasteiger charge is 2.24. The second kappa shape index (κ2) is 5.03. The predicted molar refractivity (Wildman–Crippen MR) is 78.6 cm³/mol. The lowest BCUT2D eigenvalue weighted by Crippen LogP contribution is -2.14. The van der Waals surface area contributed by atoms with Gasteiger partial charge in [0.25, 0.3) is 16.6 Å². The highest BCUT2D eigenvalue weighted by molar-refractivity contribution is 6.83. The van der Waals surface area contributed by atoms with Gasteiger partial charge in [-0.25, -0.2) is 0 Å². The maximum Gasteiger partial charge on any atom is 0.294 e. The summed E-state index contributed by atoms with van der Waals surface area (Å²) in [5, 5.41) is -1.09. The molecular weight excluding hydrogens is 292 g/mol. The van der Waals surface area contributed by atoms with E-state index in [0.29, 0.717) is 16.6 Å². The Bertz CT molecular complexity index is 924. The third-order valence-electron chi connectivity index (χ3n) is 3.18. The van der Waals surface area contributed by atoms with Gasteiger partial charge in [0.2, 0.25) is 0 Å². The van der Waals surface area contributed by atoms with Gasteiger partial charge in [0.1, 0.15) is 5.69 Å². The van der Waals surface area contributed by atoms with Crippen molar-refractivity contribution in [1.29, 1.82) is 0 Å². The van der Waals surface area contributed by atoms with Crippen molar-refractivity contribution in [1.82, 2.24) is 9.38 Å². The molecule has 0 radical (unpaired) electrons. The molecule has 0 aliphatic heterocycles. The molecule has 0 unspecified atom stereocenters. The predicted octanol–water partition coefficient (Wildman–Crippen LogP) is 2.24. The van der Waals surface area contributed by atoms with E-state index in [-0.39, 0.29) is 11.3 Å². The lowest BCUT2D eigenvalue weighted by Gasteiger charge is -2.02. The summed E-state index contributed by atoms with van der Waals surface area (Å²) in [5.41, 5.74) is 1.12. The minimum atomic E-state index is -1.09. The van der Waals surface area contributed by atoms with Crippen molar-refractivity contribution in [2.75, 3.05) is 0 Å². The Morgan fingerprint density at radius 2 is 1.90 bits per heavy atom. The quantitative estimate of drug-likeness (QED) is 0.458. The molecule has 3 rings (SSSR count). The molecule has 0 aromatic carbocycles. The Kier molecular flexibility index (Phi) is 3.19. The Morgan fingerprint density at radius 3 is 2.62 bits per heavy atom. The second-order valence-corrected chi connectivity index (χ2v) is 4.76. The monoisotopic (exact) mass is 300 g/mol. The summed E-state index contributed by atoms with van der Waals surface area (Å²) >= 11 is 5.33. The fourth-order valence-electron chi connectivity index (χ4n) is 2.29. The van der Waals surface area contributed by atoms with Gasteiger partial charge in [0.05, 0.1) is 0 Å². The van der Waals surface area contributed by atoms with Crippen LogP contribution in [-0.4, -0.2) is 20.4 Å². The summed E-state index contributed by atoms with van der Waals surface area (Å²) in [6.45, 7) is 0. The highest BCUT2D eigenvalue weighted by atomic mass is 35.5. The van der Waals surface area contributed by atoms with Gasteiger partial charge in [-0.05, 0) is 41.9 Å². The molecule has 0 amide bonds. The number of nitrogens with one attached hydrogen (secondary N) is 1. The summed E-state index contributed by atoms with van der Waals surface area (Å²) < 4.78 is 1.55. The van der Waals surface area contributed by atoms with Crippen LogP contribution >= 0.6 is 11.6 Å². The van der Waals surface area contributed by atoms with Crippen LogP contribution in [0.15, 0.2) is 53.6 Å². The van der Waals surface area contributed by atoms with Crippen molar-refractivity contribution in [2.45, 2.75) is 0 Å². The Labute approximate surface area is 123 Å². The van der Waals surface area contributed by atoms with Gasteiger partial charge >= 0.3 is 0 Å². The smallest absolute Gasteiger partial charge is 0.294 e. The molecule has 0 atom stereocenters. The zero-order chi connectivity index (χ0) is 15.0. The SMILES string of the molecule is O=C(Cl)C(=O)c1c(-c2ccc[nH]c2=O)cc2ccccn12. The van der Waals surface area contributed by atoms with Gasteiger partial charge in [-0.2, -0.15) is 0 Å². The van der Waals surface area contributed by atoms with E-state index < -0.39 is 11.0 Å². The molecule has 6 heteroatoms. The number of aromatic nitrogens is 2. The number of nitrogens with zero attached hydrogens (tertiary/aromatic N) is 1. The molecule has 3 heterocycles. The Morgan fingerprint density at radius 1 is 1.10 bits per heavy atom. The average molecular weight is 301 g/mol. The largest absolute Gasteiger partial charge is 0.329 e. The van der Waals surface area contributed by atoms with E-state index in [1.807, 2.05) is 0 Å². The van der Waals surface area contributed by atoms with Crippen LogP contribution in [0.1, 0.15) is 10.5 Å². The van der Waals surface area contributed by atoms with E-state index in [0.717, 1.165) is 0 Å². The summed E-state index contributed by atoms with van der Waals surface area (Å²) in [6, 6.07) is 10.2. The van der Waals surface area contributed by atoms with Crippen molar-refractivity contribution < 1.29 is 9.59 Å².